The fraction of sp³-hybridized carbons (Fsp3) is 0.526. The number of aromatic nitrogens is 3. The molecular formula is C19H29IN6. The summed E-state index contributed by atoms with van der Waals surface area (Å²) in [4.78, 5) is 4.29. The van der Waals surface area contributed by atoms with E-state index in [-0.39, 0.29) is 24.0 Å². The number of hydrogen-bond donors (Lipinski definition) is 2. The molecule has 6 nitrogen and oxygen atoms in total. The molecule has 0 saturated heterocycles. The average Bonchev–Trinajstić information content (AvgIpc) is 2.86. The van der Waals surface area contributed by atoms with Crippen molar-refractivity contribution in [2.45, 2.75) is 52.1 Å². The Morgan fingerprint density at radius 1 is 1.12 bits per heavy atom. The van der Waals surface area contributed by atoms with E-state index in [2.05, 4.69) is 61.6 Å². The predicted octanol–water partition coefficient (Wildman–Crippen LogP) is 2.84. The molecule has 0 spiro atoms. The van der Waals surface area contributed by atoms with Gasteiger partial charge in [0.2, 0.25) is 0 Å². The molecule has 1 aliphatic rings. The molecular weight excluding hydrogens is 439 g/mol. The quantitative estimate of drug-likeness (QED) is 0.403. The third kappa shape index (κ3) is 5.69. The molecule has 3 rings (SSSR count). The summed E-state index contributed by atoms with van der Waals surface area (Å²) in [6.45, 7) is 4.72. The van der Waals surface area contributed by atoms with Crippen molar-refractivity contribution >= 4 is 29.9 Å². The third-order valence-electron chi connectivity index (χ3n) is 4.63. The molecule has 0 aliphatic carbocycles. The Hall–Kier alpha value is -1.64. The normalized spacial score (nSPS) is 14.2. The zero-order chi connectivity index (χ0) is 17.5. The minimum Gasteiger partial charge on any atom is -0.356 e. The lowest BCUT2D eigenvalue weighted by atomic mass is 10.1. The molecule has 2 heterocycles. The Balaban J connectivity index is 0.00000243. The minimum absolute atomic E-state index is 0. The highest BCUT2D eigenvalue weighted by molar-refractivity contribution is 14.0. The monoisotopic (exact) mass is 468 g/mol. The van der Waals surface area contributed by atoms with E-state index in [9.17, 15) is 0 Å². The van der Waals surface area contributed by atoms with Gasteiger partial charge in [-0.3, -0.25) is 4.99 Å². The summed E-state index contributed by atoms with van der Waals surface area (Å²) in [5.74, 6) is 3.05. The Bertz CT molecular complexity index is 707. The van der Waals surface area contributed by atoms with Crippen molar-refractivity contribution in [2.75, 3.05) is 13.6 Å². The highest BCUT2D eigenvalue weighted by Crippen LogP contribution is 2.14. The molecule has 2 N–H and O–H groups in total. The van der Waals surface area contributed by atoms with Gasteiger partial charge in [-0.05, 0) is 25.3 Å². The van der Waals surface area contributed by atoms with Gasteiger partial charge in [0.15, 0.2) is 5.96 Å². The van der Waals surface area contributed by atoms with E-state index in [0.29, 0.717) is 0 Å². The Labute approximate surface area is 172 Å². The summed E-state index contributed by atoms with van der Waals surface area (Å²) in [6, 6.07) is 8.54. The molecule has 0 amide bonds. The lowest BCUT2D eigenvalue weighted by Crippen LogP contribution is -2.38. The standard InChI is InChI=1S/C19H28N6.HI/c1-15-7-9-16(10-8-15)14-22-19(20-2)21-12-11-18-24-23-17-6-4-3-5-13-25(17)18;/h7-10H,3-6,11-14H2,1-2H3,(H2,20,21,22);1H. The fourth-order valence-electron chi connectivity index (χ4n) is 3.14. The van der Waals surface area contributed by atoms with Gasteiger partial charge < -0.3 is 15.2 Å². The second kappa shape index (κ2) is 10.5. The van der Waals surface area contributed by atoms with E-state index in [1.54, 1.807) is 7.05 Å². The van der Waals surface area contributed by atoms with E-state index in [1.165, 1.54) is 30.4 Å². The summed E-state index contributed by atoms with van der Waals surface area (Å²) < 4.78 is 2.30. The van der Waals surface area contributed by atoms with Crippen LogP contribution in [0.2, 0.25) is 0 Å². The molecule has 1 aliphatic heterocycles. The highest BCUT2D eigenvalue weighted by atomic mass is 127. The molecule has 1 aromatic heterocycles. The van der Waals surface area contributed by atoms with Gasteiger partial charge in [0.25, 0.3) is 0 Å². The van der Waals surface area contributed by atoms with Crippen LogP contribution < -0.4 is 10.6 Å². The maximum absolute atomic E-state index is 4.38. The molecule has 142 valence electrons. The lowest BCUT2D eigenvalue weighted by Gasteiger charge is -2.12. The van der Waals surface area contributed by atoms with Gasteiger partial charge in [0, 0.05) is 39.5 Å². The average molecular weight is 468 g/mol. The van der Waals surface area contributed by atoms with E-state index >= 15 is 0 Å². The zero-order valence-electron chi connectivity index (χ0n) is 15.7. The number of benzene rings is 1. The number of rotatable bonds is 5. The van der Waals surface area contributed by atoms with Crippen molar-refractivity contribution < 1.29 is 0 Å². The number of aliphatic imine (C=N–C) groups is 1. The highest BCUT2D eigenvalue weighted by Gasteiger charge is 2.14. The number of hydrogen-bond acceptors (Lipinski definition) is 3. The number of aryl methyl sites for hydroxylation is 2. The number of nitrogens with one attached hydrogen (secondary N) is 2. The van der Waals surface area contributed by atoms with Gasteiger partial charge in [-0.15, -0.1) is 34.2 Å². The molecule has 0 fully saturated rings. The van der Waals surface area contributed by atoms with Gasteiger partial charge in [-0.2, -0.15) is 0 Å². The van der Waals surface area contributed by atoms with Crippen LogP contribution in [0.3, 0.4) is 0 Å². The van der Waals surface area contributed by atoms with Crippen molar-refractivity contribution in [1.29, 1.82) is 0 Å². The van der Waals surface area contributed by atoms with Crippen LogP contribution in [-0.4, -0.2) is 34.3 Å². The first-order chi connectivity index (χ1) is 12.3. The predicted molar refractivity (Wildman–Crippen MR) is 116 cm³/mol. The molecule has 0 bridgehead atoms. The van der Waals surface area contributed by atoms with Crippen molar-refractivity contribution in [3.05, 3.63) is 47.0 Å². The molecule has 7 heteroatoms. The summed E-state index contributed by atoms with van der Waals surface area (Å²) in [5, 5.41) is 15.5. The molecule has 0 radical (unpaired) electrons. The summed E-state index contributed by atoms with van der Waals surface area (Å²) in [5.41, 5.74) is 2.52. The first-order valence-electron chi connectivity index (χ1n) is 9.17. The second-order valence-electron chi connectivity index (χ2n) is 6.58. The van der Waals surface area contributed by atoms with Crippen LogP contribution in [-0.2, 0) is 25.9 Å². The fourth-order valence-corrected chi connectivity index (χ4v) is 3.14. The largest absolute Gasteiger partial charge is 0.356 e. The van der Waals surface area contributed by atoms with Gasteiger partial charge in [0.05, 0.1) is 0 Å². The van der Waals surface area contributed by atoms with Crippen LogP contribution >= 0.6 is 24.0 Å². The van der Waals surface area contributed by atoms with E-state index in [0.717, 1.165) is 50.1 Å². The molecule has 2 aromatic rings. The summed E-state index contributed by atoms with van der Waals surface area (Å²) in [7, 11) is 1.80. The zero-order valence-corrected chi connectivity index (χ0v) is 18.0. The molecule has 0 atom stereocenters. The van der Waals surface area contributed by atoms with Crippen molar-refractivity contribution in [3.63, 3.8) is 0 Å². The van der Waals surface area contributed by atoms with Crippen LogP contribution in [0.25, 0.3) is 0 Å². The van der Waals surface area contributed by atoms with Crippen molar-refractivity contribution in [2.24, 2.45) is 4.99 Å². The number of guanidine groups is 1. The molecule has 0 unspecified atom stereocenters. The maximum Gasteiger partial charge on any atom is 0.191 e. The van der Waals surface area contributed by atoms with Gasteiger partial charge >= 0.3 is 0 Å². The summed E-state index contributed by atoms with van der Waals surface area (Å²) in [6.07, 6.45) is 5.66. The first-order valence-corrected chi connectivity index (χ1v) is 9.17. The smallest absolute Gasteiger partial charge is 0.191 e. The molecule has 0 saturated carbocycles. The SMILES string of the molecule is CN=C(NCCc1nnc2n1CCCCC2)NCc1ccc(C)cc1.I. The van der Waals surface area contributed by atoms with Crippen LogP contribution in [0.4, 0.5) is 0 Å². The molecule has 26 heavy (non-hydrogen) atoms. The maximum atomic E-state index is 4.38. The van der Waals surface area contributed by atoms with E-state index in [1.807, 2.05) is 0 Å². The van der Waals surface area contributed by atoms with E-state index in [4.69, 9.17) is 0 Å². The van der Waals surface area contributed by atoms with Gasteiger partial charge in [0.1, 0.15) is 11.6 Å². The van der Waals surface area contributed by atoms with Crippen LogP contribution in [0.1, 0.15) is 42.0 Å². The van der Waals surface area contributed by atoms with Gasteiger partial charge in [-0.25, -0.2) is 0 Å². The number of nitrogens with zero attached hydrogens (tertiary/aromatic N) is 4. The minimum atomic E-state index is 0. The third-order valence-corrected chi connectivity index (χ3v) is 4.63. The lowest BCUT2D eigenvalue weighted by molar-refractivity contribution is 0.600. The molecule has 1 aromatic carbocycles. The van der Waals surface area contributed by atoms with Crippen molar-refractivity contribution in [1.82, 2.24) is 25.4 Å². The Kier molecular flexibility index (Phi) is 8.34. The number of fused-ring (bicyclic) bond motifs is 1. The topological polar surface area (TPSA) is 67.1 Å². The summed E-state index contributed by atoms with van der Waals surface area (Å²) >= 11 is 0. The van der Waals surface area contributed by atoms with Crippen molar-refractivity contribution in [3.8, 4) is 0 Å². The van der Waals surface area contributed by atoms with Crippen LogP contribution in [0.5, 0.6) is 0 Å². The van der Waals surface area contributed by atoms with E-state index < -0.39 is 0 Å². The first kappa shape index (κ1) is 20.7. The Morgan fingerprint density at radius 2 is 1.92 bits per heavy atom. The van der Waals surface area contributed by atoms with Crippen LogP contribution in [0.15, 0.2) is 29.3 Å². The Morgan fingerprint density at radius 3 is 2.69 bits per heavy atom. The van der Waals surface area contributed by atoms with Crippen LogP contribution in [0, 0.1) is 6.92 Å². The second-order valence-corrected chi connectivity index (χ2v) is 6.58. The number of halogens is 1. The van der Waals surface area contributed by atoms with Gasteiger partial charge in [-0.1, -0.05) is 36.2 Å².